The minimum absolute atomic E-state index is 0.440. The number of nitrogens with one attached hydrogen (secondary N) is 1. The molecular weight excluding hydrogens is 314 g/mol. The van der Waals surface area contributed by atoms with Gasteiger partial charge in [-0.3, -0.25) is 0 Å². The minimum Gasteiger partial charge on any atom is -0.497 e. The van der Waals surface area contributed by atoms with Gasteiger partial charge in [0.2, 0.25) is 0 Å². The molecule has 0 atom stereocenters. The van der Waals surface area contributed by atoms with E-state index in [0.717, 1.165) is 16.6 Å². The zero-order valence-electron chi connectivity index (χ0n) is 14.7. The van der Waals surface area contributed by atoms with Crippen molar-refractivity contribution >= 4 is 22.7 Å². The molecule has 0 aliphatic carbocycles. The number of nitriles is 1. The number of imidazole rings is 1. The van der Waals surface area contributed by atoms with Crippen LogP contribution in [0.3, 0.4) is 0 Å². The topological polar surface area (TPSA) is 70.9 Å². The molecule has 0 aliphatic rings. The van der Waals surface area contributed by atoms with E-state index in [2.05, 4.69) is 23.0 Å². The van der Waals surface area contributed by atoms with Gasteiger partial charge < -0.3 is 14.5 Å². The second-order valence-electron chi connectivity index (χ2n) is 5.82. The van der Waals surface area contributed by atoms with Gasteiger partial charge in [-0.1, -0.05) is 0 Å². The van der Waals surface area contributed by atoms with Gasteiger partial charge in [0, 0.05) is 11.6 Å². The smallest absolute Gasteiger partial charge is 0.149 e. The predicted octanol–water partition coefficient (Wildman–Crippen LogP) is 4.26. The van der Waals surface area contributed by atoms with Crippen LogP contribution in [0.5, 0.6) is 11.5 Å². The van der Waals surface area contributed by atoms with Gasteiger partial charge in [0.05, 0.1) is 30.8 Å². The van der Waals surface area contributed by atoms with Crippen LogP contribution in [-0.2, 0) is 0 Å². The van der Waals surface area contributed by atoms with Gasteiger partial charge in [-0.05, 0) is 55.3 Å². The molecule has 0 radical (unpaired) electrons. The molecule has 3 rings (SSSR count). The number of methoxy groups -OCH3 is 2. The van der Waals surface area contributed by atoms with E-state index in [1.165, 1.54) is 11.1 Å². The Balaban J connectivity index is 2.09. The summed E-state index contributed by atoms with van der Waals surface area (Å²) >= 11 is 0. The van der Waals surface area contributed by atoms with Crippen LogP contribution in [0.4, 0.5) is 0 Å². The van der Waals surface area contributed by atoms with E-state index in [-0.39, 0.29) is 0 Å². The van der Waals surface area contributed by atoms with Gasteiger partial charge in [0.25, 0.3) is 0 Å². The van der Waals surface area contributed by atoms with Crippen molar-refractivity contribution < 1.29 is 9.47 Å². The highest BCUT2D eigenvalue weighted by Gasteiger charge is 2.11. The summed E-state index contributed by atoms with van der Waals surface area (Å²) in [6, 6.07) is 11.7. The fourth-order valence-corrected chi connectivity index (χ4v) is 2.64. The number of ether oxygens (including phenoxy) is 2. The Morgan fingerprint density at radius 1 is 1.12 bits per heavy atom. The number of fused-ring (bicyclic) bond motifs is 1. The lowest BCUT2D eigenvalue weighted by Crippen LogP contribution is -1.91. The van der Waals surface area contributed by atoms with E-state index in [1.54, 1.807) is 26.4 Å². The number of allylic oxidation sites excluding steroid dienone is 1. The molecule has 0 fully saturated rings. The number of H-pyrrole nitrogens is 1. The number of aromatic amines is 1. The molecule has 0 spiro atoms. The zero-order chi connectivity index (χ0) is 18.0. The van der Waals surface area contributed by atoms with Gasteiger partial charge >= 0.3 is 0 Å². The summed E-state index contributed by atoms with van der Waals surface area (Å²) in [7, 11) is 3.19. The van der Waals surface area contributed by atoms with Crippen molar-refractivity contribution in [3.63, 3.8) is 0 Å². The van der Waals surface area contributed by atoms with Gasteiger partial charge in [0.15, 0.2) is 0 Å². The van der Waals surface area contributed by atoms with E-state index >= 15 is 0 Å². The highest BCUT2D eigenvalue weighted by atomic mass is 16.5. The standard InChI is InChI=1S/C20H19N3O2/c1-12-7-17-18(8-13(12)2)23-20(22-17)15(11-21)9-14-5-6-16(24-3)10-19(14)25-4/h5-10H,1-4H3,(H,22,23)/b15-9-. The first kappa shape index (κ1) is 16.6. The molecule has 1 heterocycles. The molecule has 0 bridgehead atoms. The predicted molar refractivity (Wildman–Crippen MR) is 98.6 cm³/mol. The van der Waals surface area contributed by atoms with E-state index in [0.29, 0.717) is 22.9 Å². The second-order valence-corrected chi connectivity index (χ2v) is 5.82. The molecule has 1 N–H and O–H groups in total. The summed E-state index contributed by atoms with van der Waals surface area (Å²) < 4.78 is 10.6. The molecule has 0 unspecified atom stereocenters. The molecule has 1 aromatic heterocycles. The average molecular weight is 333 g/mol. The Morgan fingerprint density at radius 3 is 2.56 bits per heavy atom. The molecule has 3 aromatic rings. The zero-order valence-corrected chi connectivity index (χ0v) is 14.7. The SMILES string of the molecule is COc1ccc(/C=C(/C#N)c2nc3cc(C)c(C)cc3[nH]2)c(OC)c1. The van der Waals surface area contributed by atoms with Gasteiger partial charge in [-0.25, -0.2) is 4.98 Å². The summed E-state index contributed by atoms with van der Waals surface area (Å²) in [5.74, 6) is 1.87. The third kappa shape index (κ3) is 3.20. The van der Waals surface area contributed by atoms with Crippen molar-refractivity contribution in [3.05, 3.63) is 52.8 Å². The average Bonchev–Trinajstić information content (AvgIpc) is 3.02. The molecule has 2 aromatic carbocycles. The van der Waals surface area contributed by atoms with Crippen molar-refractivity contribution in [1.29, 1.82) is 5.26 Å². The Hall–Kier alpha value is -3.26. The first-order chi connectivity index (χ1) is 12.0. The molecule has 5 nitrogen and oxygen atoms in total. The fraction of sp³-hybridized carbons (Fsp3) is 0.200. The van der Waals surface area contributed by atoms with Crippen LogP contribution in [0.1, 0.15) is 22.5 Å². The number of aryl methyl sites for hydroxylation is 2. The lowest BCUT2D eigenvalue weighted by Gasteiger charge is -2.07. The number of hydrogen-bond donors (Lipinski definition) is 1. The Kier molecular flexibility index (Phi) is 4.44. The lowest BCUT2D eigenvalue weighted by atomic mass is 10.1. The highest BCUT2D eigenvalue weighted by molar-refractivity contribution is 5.91. The van der Waals surface area contributed by atoms with Crippen molar-refractivity contribution in [2.24, 2.45) is 0 Å². The maximum atomic E-state index is 9.60. The van der Waals surface area contributed by atoms with Crippen molar-refractivity contribution in [1.82, 2.24) is 9.97 Å². The molecular formula is C20H19N3O2. The molecule has 0 aliphatic heterocycles. The number of nitrogens with zero attached hydrogens (tertiary/aromatic N) is 2. The first-order valence-electron chi connectivity index (χ1n) is 7.87. The molecule has 0 amide bonds. The summed E-state index contributed by atoms with van der Waals surface area (Å²) in [5, 5.41) is 9.60. The monoisotopic (exact) mass is 333 g/mol. The molecule has 126 valence electrons. The summed E-state index contributed by atoms with van der Waals surface area (Å²) in [4.78, 5) is 7.79. The van der Waals surface area contributed by atoms with Crippen LogP contribution in [0.25, 0.3) is 22.7 Å². The van der Waals surface area contributed by atoms with Crippen LogP contribution in [0.15, 0.2) is 30.3 Å². The molecule has 0 saturated carbocycles. The van der Waals surface area contributed by atoms with Gasteiger partial charge in [-0.2, -0.15) is 5.26 Å². The van der Waals surface area contributed by atoms with E-state index in [1.807, 2.05) is 31.2 Å². The Labute approximate surface area is 146 Å². The van der Waals surface area contributed by atoms with Crippen molar-refractivity contribution in [2.75, 3.05) is 14.2 Å². The molecule has 5 heteroatoms. The molecule has 25 heavy (non-hydrogen) atoms. The maximum absolute atomic E-state index is 9.60. The minimum atomic E-state index is 0.440. The lowest BCUT2D eigenvalue weighted by molar-refractivity contribution is 0.394. The number of benzene rings is 2. The van der Waals surface area contributed by atoms with Crippen LogP contribution >= 0.6 is 0 Å². The number of hydrogen-bond acceptors (Lipinski definition) is 4. The van der Waals surface area contributed by atoms with Crippen LogP contribution in [0.2, 0.25) is 0 Å². The third-order valence-electron chi connectivity index (χ3n) is 4.21. The summed E-state index contributed by atoms with van der Waals surface area (Å²) in [6.07, 6.45) is 1.76. The second kappa shape index (κ2) is 6.70. The largest absolute Gasteiger partial charge is 0.497 e. The molecule has 0 saturated heterocycles. The van der Waals surface area contributed by atoms with Gasteiger partial charge in [0.1, 0.15) is 23.4 Å². The van der Waals surface area contributed by atoms with Gasteiger partial charge in [-0.15, -0.1) is 0 Å². The Morgan fingerprint density at radius 2 is 1.88 bits per heavy atom. The first-order valence-corrected chi connectivity index (χ1v) is 7.87. The number of aromatic nitrogens is 2. The van der Waals surface area contributed by atoms with E-state index in [9.17, 15) is 5.26 Å². The van der Waals surface area contributed by atoms with Crippen molar-refractivity contribution in [2.45, 2.75) is 13.8 Å². The van der Waals surface area contributed by atoms with Crippen LogP contribution < -0.4 is 9.47 Å². The third-order valence-corrected chi connectivity index (χ3v) is 4.21. The van der Waals surface area contributed by atoms with E-state index in [4.69, 9.17) is 9.47 Å². The normalized spacial score (nSPS) is 11.4. The fourth-order valence-electron chi connectivity index (χ4n) is 2.64. The summed E-state index contributed by atoms with van der Waals surface area (Å²) in [5.41, 5.74) is 5.34. The van der Waals surface area contributed by atoms with Crippen LogP contribution in [0, 0.1) is 25.2 Å². The quantitative estimate of drug-likeness (QED) is 0.724. The highest BCUT2D eigenvalue weighted by Crippen LogP contribution is 2.28. The Bertz CT molecular complexity index is 971. The van der Waals surface area contributed by atoms with Crippen molar-refractivity contribution in [3.8, 4) is 17.6 Å². The van der Waals surface area contributed by atoms with E-state index < -0.39 is 0 Å². The number of rotatable bonds is 4. The summed E-state index contributed by atoms with van der Waals surface area (Å²) in [6.45, 7) is 4.10. The maximum Gasteiger partial charge on any atom is 0.149 e. The van der Waals surface area contributed by atoms with Crippen LogP contribution in [-0.4, -0.2) is 24.2 Å².